The molecule has 1 atom stereocenters. The number of rotatable bonds is 4. The number of halogens is 2. The minimum atomic E-state index is -0.461. The molecule has 0 N–H and O–H groups in total. The fourth-order valence-corrected chi connectivity index (χ4v) is 3.10. The molecule has 0 amide bonds. The average Bonchev–Trinajstić information content (AvgIpc) is 2.77. The van der Waals surface area contributed by atoms with Crippen LogP contribution in [0, 0.1) is 0 Å². The molecule has 0 aliphatic heterocycles. The molecule has 1 aromatic heterocycles. The molecule has 1 saturated carbocycles. The lowest BCUT2D eigenvalue weighted by molar-refractivity contribution is 0.00780. The van der Waals surface area contributed by atoms with Crippen LogP contribution in [0.25, 0.3) is 0 Å². The monoisotopic (exact) mass is 338 g/mol. The molecule has 1 aliphatic rings. The number of benzene rings is 1. The molecule has 4 nitrogen and oxygen atoms in total. The Kier molecular flexibility index (Phi) is 4.41. The molecular weight excluding hydrogens is 323 g/mol. The first-order valence-corrected chi connectivity index (χ1v) is 8.02. The van der Waals surface area contributed by atoms with E-state index < -0.39 is 5.97 Å². The van der Waals surface area contributed by atoms with Gasteiger partial charge in [-0.2, -0.15) is 0 Å². The first-order chi connectivity index (χ1) is 10.6. The summed E-state index contributed by atoms with van der Waals surface area (Å²) in [5, 5.41) is 0.263. The van der Waals surface area contributed by atoms with Gasteiger partial charge in [-0.3, -0.25) is 0 Å². The number of hydrogen-bond donors (Lipinski definition) is 0. The molecule has 1 aromatic carbocycles. The Morgan fingerprint density at radius 3 is 2.59 bits per heavy atom. The lowest BCUT2D eigenvalue weighted by Gasteiger charge is -2.26. The average molecular weight is 339 g/mol. The van der Waals surface area contributed by atoms with Crippen LogP contribution in [0.3, 0.4) is 0 Å². The third kappa shape index (κ3) is 2.85. The lowest BCUT2D eigenvalue weighted by atomic mass is 9.96. The second kappa shape index (κ2) is 6.31. The maximum Gasteiger partial charge on any atom is 0.358 e. The molecule has 6 heteroatoms. The van der Waals surface area contributed by atoms with Crippen molar-refractivity contribution < 1.29 is 9.53 Å². The summed E-state index contributed by atoms with van der Waals surface area (Å²) in [7, 11) is 0. The van der Waals surface area contributed by atoms with Gasteiger partial charge in [0.15, 0.2) is 10.8 Å². The largest absolute Gasteiger partial charge is 0.458 e. The minimum absolute atomic E-state index is 0.0160. The zero-order valence-electron chi connectivity index (χ0n) is 12.1. The highest BCUT2D eigenvalue weighted by Gasteiger charge is 2.29. The van der Waals surface area contributed by atoms with E-state index in [-0.39, 0.29) is 28.3 Å². The zero-order chi connectivity index (χ0) is 15.7. The van der Waals surface area contributed by atoms with Crippen molar-refractivity contribution in [1.29, 1.82) is 0 Å². The van der Waals surface area contributed by atoms with Gasteiger partial charge in [-0.25, -0.2) is 9.78 Å². The molecule has 1 fully saturated rings. The van der Waals surface area contributed by atoms with Crippen LogP contribution in [-0.2, 0) is 4.74 Å². The number of nitrogens with zero attached hydrogens (tertiary/aromatic N) is 2. The number of carbonyl (C=O) groups is 1. The Bertz CT molecular complexity index is 681. The minimum Gasteiger partial charge on any atom is -0.458 e. The molecule has 1 aliphatic carbocycles. The number of imidazole rings is 1. The maximum atomic E-state index is 12.4. The van der Waals surface area contributed by atoms with E-state index in [4.69, 9.17) is 27.9 Å². The fourth-order valence-electron chi connectivity index (χ4n) is 2.49. The molecule has 0 saturated heterocycles. The number of carbonyl (C=O) groups excluding carboxylic acids is 1. The quantitative estimate of drug-likeness (QED) is 0.770. The molecule has 2 aromatic rings. The van der Waals surface area contributed by atoms with E-state index in [0.29, 0.717) is 0 Å². The van der Waals surface area contributed by atoms with Crippen molar-refractivity contribution in [3.8, 4) is 0 Å². The SMILES string of the molecule is C[C@H](c1ccccc1)n1c(Cl)nc(Cl)c1C(=O)OC1CCC1. The van der Waals surface area contributed by atoms with Crippen molar-refractivity contribution in [2.45, 2.75) is 38.3 Å². The smallest absolute Gasteiger partial charge is 0.358 e. The van der Waals surface area contributed by atoms with Gasteiger partial charge in [0.2, 0.25) is 5.28 Å². The Morgan fingerprint density at radius 1 is 1.32 bits per heavy atom. The molecule has 1 heterocycles. The molecular formula is C16H16Cl2N2O2. The predicted molar refractivity (Wildman–Crippen MR) is 85.6 cm³/mol. The first kappa shape index (κ1) is 15.4. The van der Waals surface area contributed by atoms with Crippen molar-refractivity contribution in [3.05, 3.63) is 52.0 Å². The van der Waals surface area contributed by atoms with Crippen LogP contribution in [0.1, 0.15) is 48.3 Å². The summed E-state index contributed by atoms with van der Waals surface area (Å²) in [5.74, 6) is -0.461. The Labute approximate surface area is 139 Å². The van der Waals surface area contributed by atoms with Crippen LogP contribution >= 0.6 is 23.2 Å². The van der Waals surface area contributed by atoms with Gasteiger partial charge in [0, 0.05) is 0 Å². The van der Waals surface area contributed by atoms with E-state index in [1.54, 1.807) is 4.57 Å². The normalized spacial score (nSPS) is 16.1. The van der Waals surface area contributed by atoms with E-state index in [0.717, 1.165) is 24.8 Å². The van der Waals surface area contributed by atoms with Gasteiger partial charge in [-0.05, 0) is 43.4 Å². The summed E-state index contributed by atoms with van der Waals surface area (Å²) in [6.45, 7) is 1.94. The number of esters is 1. The summed E-state index contributed by atoms with van der Waals surface area (Å²) in [4.78, 5) is 16.4. The highest BCUT2D eigenvalue weighted by atomic mass is 35.5. The fraction of sp³-hybridized carbons (Fsp3) is 0.375. The second-order valence-corrected chi connectivity index (χ2v) is 6.13. The van der Waals surface area contributed by atoms with Crippen LogP contribution in [0.15, 0.2) is 30.3 Å². The summed E-state index contributed by atoms with van der Waals surface area (Å²) in [6.07, 6.45) is 2.88. The van der Waals surface area contributed by atoms with Gasteiger partial charge in [0.05, 0.1) is 6.04 Å². The first-order valence-electron chi connectivity index (χ1n) is 7.27. The van der Waals surface area contributed by atoms with Gasteiger partial charge in [0.25, 0.3) is 0 Å². The van der Waals surface area contributed by atoms with Crippen LogP contribution in [0.2, 0.25) is 10.4 Å². The van der Waals surface area contributed by atoms with Gasteiger partial charge in [-0.15, -0.1) is 0 Å². The van der Waals surface area contributed by atoms with E-state index >= 15 is 0 Å². The van der Waals surface area contributed by atoms with E-state index in [1.165, 1.54) is 0 Å². The highest BCUT2D eigenvalue weighted by molar-refractivity contribution is 6.34. The Hall–Kier alpha value is -1.52. The molecule has 0 unspecified atom stereocenters. The molecule has 0 radical (unpaired) electrons. The molecule has 22 heavy (non-hydrogen) atoms. The Morgan fingerprint density at radius 2 is 2.00 bits per heavy atom. The maximum absolute atomic E-state index is 12.4. The van der Waals surface area contributed by atoms with Crippen molar-refractivity contribution in [2.75, 3.05) is 0 Å². The number of ether oxygens (including phenoxy) is 1. The van der Waals surface area contributed by atoms with Crippen molar-refractivity contribution >= 4 is 29.2 Å². The zero-order valence-corrected chi connectivity index (χ0v) is 13.6. The van der Waals surface area contributed by atoms with Gasteiger partial charge < -0.3 is 9.30 Å². The molecule has 116 valence electrons. The number of hydrogen-bond acceptors (Lipinski definition) is 3. The lowest BCUT2D eigenvalue weighted by Crippen LogP contribution is -2.27. The van der Waals surface area contributed by atoms with Crippen molar-refractivity contribution in [2.24, 2.45) is 0 Å². The van der Waals surface area contributed by atoms with Crippen LogP contribution in [0.5, 0.6) is 0 Å². The third-order valence-corrected chi connectivity index (χ3v) is 4.54. The van der Waals surface area contributed by atoms with Crippen molar-refractivity contribution in [1.82, 2.24) is 9.55 Å². The van der Waals surface area contributed by atoms with E-state index in [1.807, 2.05) is 37.3 Å². The van der Waals surface area contributed by atoms with Crippen LogP contribution in [-0.4, -0.2) is 21.6 Å². The van der Waals surface area contributed by atoms with E-state index in [2.05, 4.69) is 4.98 Å². The predicted octanol–water partition coefficient (Wildman–Crippen LogP) is 4.51. The molecule has 0 bridgehead atoms. The summed E-state index contributed by atoms with van der Waals surface area (Å²) in [6, 6.07) is 9.57. The Balaban J connectivity index is 1.94. The van der Waals surface area contributed by atoms with Crippen molar-refractivity contribution in [3.63, 3.8) is 0 Å². The summed E-state index contributed by atoms with van der Waals surface area (Å²) < 4.78 is 7.08. The molecule has 0 spiro atoms. The number of aromatic nitrogens is 2. The van der Waals surface area contributed by atoms with Gasteiger partial charge in [-0.1, -0.05) is 41.9 Å². The van der Waals surface area contributed by atoms with Gasteiger partial charge in [0.1, 0.15) is 6.10 Å². The van der Waals surface area contributed by atoms with E-state index in [9.17, 15) is 4.79 Å². The topological polar surface area (TPSA) is 44.1 Å². The standard InChI is InChI=1S/C16H16Cl2N2O2/c1-10(11-6-3-2-4-7-11)20-13(14(17)19-16(20)18)15(21)22-12-8-5-9-12/h2-4,6-7,10,12H,5,8-9H2,1H3/t10-/m1/s1. The van der Waals surface area contributed by atoms with Crippen LogP contribution in [0.4, 0.5) is 0 Å². The summed E-state index contributed by atoms with van der Waals surface area (Å²) in [5.41, 5.74) is 1.23. The highest BCUT2D eigenvalue weighted by Crippen LogP contribution is 2.31. The third-order valence-electron chi connectivity index (χ3n) is 4.01. The second-order valence-electron chi connectivity index (χ2n) is 5.44. The van der Waals surface area contributed by atoms with Crippen LogP contribution < -0.4 is 0 Å². The van der Waals surface area contributed by atoms with Gasteiger partial charge >= 0.3 is 5.97 Å². The molecule has 3 rings (SSSR count). The summed E-state index contributed by atoms with van der Waals surface area (Å²) >= 11 is 12.3.